The fourth-order valence-corrected chi connectivity index (χ4v) is 3.10. The van der Waals surface area contributed by atoms with Crippen LogP contribution in [0.5, 0.6) is 0 Å². The van der Waals surface area contributed by atoms with E-state index in [0.717, 1.165) is 0 Å². The summed E-state index contributed by atoms with van der Waals surface area (Å²) in [7, 11) is 0. The molecule has 8 heteroatoms. The molecule has 0 radical (unpaired) electrons. The zero-order chi connectivity index (χ0) is 15.9. The normalized spacial score (nSPS) is 25.9. The van der Waals surface area contributed by atoms with Gasteiger partial charge >= 0.3 is 6.18 Å². The number of hydrogen-bond acceptors (Lipinski definition) is 3. The van der Waals surface area contributed by atoms with Gasteiger partial charge in [0.1, 0.15) is 0 Å². The van der Waals surface area contributed by atoms with Crippen LogP contribution in [0.15, 0.2) is 0 Å². The number of aromatic amines is 1. The quantitative estimate of drug-likeness (QED) is 0.861. The summed E-state index contributed by atoms with van der Waals surface area (Å²) in [5, 5.41) is 6.72. The van der Waals surface area contributed by atoms with Crippen LogP contribution >= 0.6 is 0 Å². The topological polar surface area (TPSA) is 58.2 Å². The number of morpholine rings is 1. The maximum absolute atomic E-state index is 12.9. The van der Waals surface area contributed by atoms with Crippen LogP contribution in [0.4, 0.5) is 13.2 Å². The van der Waals surface area contributed by atoms with Crippen molar-refractivity contribution in [3.05, 3.63) is 17.0 Å². The molecular weight excluding hydrogens is 299 g/mol. The number of aromatic nitrogens is 2. The number of amides is 1. The number of carbonyl (C=O) groups excluding carboxylic acids is 1. The Morgan fingerprint density at radius 3 is 2.91 bits per heavy atom. The van der Waals surface area contributed by atoms with Crippen molar-refractivity contribution in [2.24, 2.45) is 5.92 Å². The van der Waals surface area contributed by atoms with Crippen molar-refractivity contribution < 1.29 is 22.7 Å². The number of nitrogens with zero attached hydrogens (tertiary/aromatic N) is 2. The highest BCUT2D eigenvalue weighted by atomic mass is 19.4. The molecule has 0 spiro atoms. The van der Waals surface area contributed by atoms with Crippen LogP contribution < -0.4 is 0 Å². The van der Waals surface area contributed by atoms with E-state index in [9.17, 15) is 18.0 Å². The molecule has 1 N–H and O–H groups in total. The summed E-state index contributed by atoms with van der Waals surface area (Å²) in [6, 6.07) is 0. The molecule has 1 aromatic rings. The molecule has 122 valence electrons. The van der Waals surface area contributed by atoms with Gasteiger partial charge in [-0.05, 0) is 26.2 Å². The van der Waals surface area contributed by atoms with E-state index in [1.807, 2.05) is 6.92 Å². The van der Waals surface area contributed by atoms with E-state index < -0.39 is 12.1 Å². The highest BCUT2D eigenvalue weighted by molar-refractivity contribution is 5.94. The van der Waals surface area contributed by atoms with Gasteiger partial charge in [0.05, 0.1) is 18.6 Å². The molecule has 22 heavy (non-hydrogen) atoms. The molecule has 0 saturated carbocycles. The van der Waals surface area contributed by atoms with Gasteiger partial charge in [-0.25, -0.2) is 0 Å². The second-order valence-corrected chi connectivity index (χ2v) is 5.94. The molecule has 2 atom stereocenters. The first-order valence-corrected chi connectivity index (χ1v) is 7.40. The van der Waals surface area contributed by atoms with Crippen molar-refractivity contribution in [2.75, 3.05) is 19.7 Å². The van der Waals surface area contributed by atoms with Gasteiger partial charge in [0.25, 0.3) is 5.91 Å². The zero-order valence-electron chi connectivity index (χ0n) is 12.2. The van der Waals surface area contributed by atoms with E-state index in [1.165, 1.54) is 0 Å². The summed E-state index contributed by atoms with van der Waals surface area (Å²) in [4.78, 5) is 14.1. The Labute approximate surface area is 125 Å². The molecule has 1 amide bonds. The van der Waals surface area contributed by atoms with Crippen LogP contribution in [-0.4, -0.2) is 53.0 Å². The van der Waals surface area contributed by atoms with Gasteiger partial charge in [-0.15, -0.1) is 0 Å². The predicted molar refractivity (Wildman–Crippen MR) is 71.5 cm³/mol. The smallest absolute Gasteiger partial charge is 0.375 e. The molecule has 3 rings (SSSR count). The summed E-state index contributed by atoms with van der Waals surface area (Å²) in [6.07, 6.45) is -4.16. The minimum Gasteiger partial charge on any atom is -0.375 e. The van der Waals surface area contributed by atoms with Crippen molar-refractivity contribution in [1.29, 1.82) is 0 Å². The minimum atomic E-state index is -4.23. The molecular formula is C14H18F3N3O2. The Hall–Kier alpha value is -1.57. The highest BCUT2D eigenvalue weighted by Gasteiger charge is 2.43. The molecule has 0 bridgehead atoms. The SMILES string of the molecule is C[C@@H]1CN(C(=O)c2n[nH]c3c2CC(C(F)(F)F)CC3)CCO1. The summed E-state index contributed by atoms with van der Waals surface area (Å²) >= 11 is 0. The molecule has 1 aromatic heterocycles. The van der Waals surface area contributed by atoms with Gasteiger partial charge in [-0.1, -0.05) is 0 Å². The van der Waals surface area contributed by atoms with Crippen LogP contribution in [-0.2, 0) is 17.6 Å². The standard InChI is InChI=1S/C14H18F3N3O2/c1-8-7-20(4-5-22-8)13(21)12-10-6-9(14(15,16)17)2-3-11(10)18-19-12/h8-9H,2-7H2,1H3,(H,18,19)/t8-,9?/m1/s1. The molecule has 2 heterocycles. The lowest BCUT2D eigenvalue weighted by atomic mass is 9.86. The summed E-state index contributed by atoms with van der Waals surface area (Å²) < 4.78 is 44.2. The monoisotopic (exact) mass is 317 g/mol. The number of fused-ring (bicyclic) bond motifs is 1. The third kappa shape index (κ3) is 2.84. The third-order valence-electron chi connectivity index (χ3n) is 4.34. The number of nitrogens with one attached hydrogen (secondary N) is 1. The number of hydrogen-bond donors (Lipinski definition) is 1. The second-order valence-electron chi connectivity index (χ2n) is 5.94. The first-order chi connectivity index (χ1) is 10.4. The van der Waals surface area contributed by atoms with Crippen molar-refractivity contribution >= 4 is 5.91 Å². The van der Waals surface area contributed by atoms with E-state index in [1.54, 1.807) is 4.90 Å². The van der Waals surface area contributed by atoms with Crippen molar-refractivity contribution in [3.63, 3.8) is 0 Å². The Balaban J connectivity index is 1.82. The average molecular weight is 317 g/mol. The van der Waals surface area contributed by atoms with E-state index >= 15 is 0 Å². The molecule has 1 unspecified atom stereocenters. The molecule has 2 aliphatic rings. The first-order valence-electron chi connectivity index (χ1n) is 7.40. The number of ether oxygens (including phenoxy) is 1. The van der Waals surface area contributed by atoms with Crippen LogP contribution in [0, 0.1) is 5.92 Å². The number of aryl methyl sites for hydroxylation is 1. The van der Waals surface area contributed by atoms with Gasteiger partial charge in [0, 0.05) is 24.3 Å². The molecule has 1 saturated heterocycles. The number of halogens is 3. The maximum atomic E-state index is 12.9. The average Bonchev–Trinajstić information content (AvgIpc) is 2.88. The van der Waals surface area contributed by atoms with Gasteiger partial charge in [-0.2, -0.15) is 18.3 Å². The van der Waals surface area contributed by atoms with Gasteiger partial charge in [0.15, 0.2) is 5.69 Å². The summed E-state index contributed by atoms with van der Waals surface area (Å²) in [5.41, 5.74) is 1.22. The van der Waals surface area contributed by atoms with Gasteiger partial charge < -0.3 is 9.64 Å². The van der Waals surface area contributed by atoms with Crippen molar-refractivity contribution in [1.82, 2.24) is 15.1 Å². The summed E-state index contributed by atoms with van der Waals surface area (Å²) in [6.45, 7) is 3.17. The number of carbonyl (C=O) groups is 1. The first kappa shape index (κ1) is 15.3. The molecule has 1 fully saturated rings. The second kappa shape index (κ2) is 5.57. The van der Waals surface area contributed by atoms with E-state index in [4.69, 9.17) is 4.74 Å². The van der Waals surface area contributed by atoms with Crippen molar-refractivity contribution in [2.45, 2.75) is 38.5 Å². The predicted octanol–water partition coefficient (Wildman–Crippen LogP) is 1.94. The zero-order valence-corrected chi connectivity index (χ0v) is 12.2. The lowest BCUT2D eigenvalue weighted by Gasteiger charge is -2.31. The Bertz CT molecular complexity index is 570. The van der Waals surface area contributed by atoms with Crippen LogP contribution in [0.3, 0.4) is 0 Å². The molecule has 1 aliphatic carbocycles. The fourth-order valence-electron chi connectivity index (χ4n) is 3.10. The Morgan fingerprint density at radius 1 is 1.45 bits per heavy atom. The Morgan fingerprint density at radius 2 is 2.23 bits per heavy atom. The summed E-state index contributed by atoms with van der Waals surface area (Å²) in [5.74, 6) is -1.71. The number of H-pyrrole nitrogens is 1. The van der Waals surface area contributed by atoms with Crippen LogP contribution in [0.25, 0.3) is 0 Å². The van der Waals surface area contributed by atoms with Gasteiger partial charge in [0.2, 0.25) is 0 Å². The van der Waals surface area contributed by atoms with Crippen molar-refractivity contribution in [3.8, 4) is 0 Å². The van der Waals surface area contributed by atoms with E-state index in [0.29, 0.717) is 31.0 Å². The van der Waals surface area contributed by atoms with Crippen LogP contribution in [0.1, 0.15) is 35.1 Å². The lowest BCUT2D eigenvalue weighted by molar-refractivity contribution is -0.177. The number of rotatable bonds is 1. The fraction of sp³-hybridized carbons (Fsp3) is 0.714. The highest BCUT2D eigenvalue weighted by Crippen LogP contribution is 2.37. The maximum Gasteiger partial charge on any atom is 0.392 e. The van der Waals surface area contributed by atoms with E-state index in [2.05, 4.69) is 10.2 Å². The lowest BCUT2D eigenvalue weighted by Crippen LogP contribution is -2.45. The largest absolute Gasteiger partial charge is 0.392 e. The molecule has 0 aromatic carbocycles. The van der Waals surface area contributed by atoms with Gasteiger partial charge in [-0.3, -0.25) is 9.89 Å². The Kier molecular flexibility index (Phi) is 3.88. The third-order valence-corrected chi connectivity index (χ3v) is 4.34. The minimum absolute atomic E-state index is 0.0426. The van der Waals surface area contributed by atoms with Crippen LogP contribution in [0.2, 0.25) is 0 Å². The van der Waals surface area contributed by atoms with E-state index in [-0.39, 0.29) is 37.0 Å². The number of alkyl halides is 3. The molecule has 1 aliphatic heterocycles. The molecule has 5 nitrogen and oxygen atoms in total.